The molecule has 0 aliphatic carbocycles. The molecule has 2 saturated heterocycles. The first kappa shape index (κ1) is 26.9. The number of piperazine rings is 1. The van der Waals surface area contributed by atoms with E-state index in [0.717, 1.165) is 26.2 Å². The van der Waals surface area contributed by atoms with E-state index in [1.54, 1.807) is 53.4 Å². The van der Waals surface area contributed by atoms with E-state index in [-0.39, 0.29) is 18.4 Å². The molecular weight excluding hydrogens is 530 g/mol. The van der Waals surface area contributed by atoms with Gasteiger partial charge in [-0.05, 0) is 24.3 Å². The van der Waals surface area contributed by atoms with E-state index in [9.17, 15) is 9.59 Å². The minimum Gasteiger partial charge on any atom is -0.493 e. The Kier molecular flexibility index (Phi) is 7.91. The third-order valence-corrected chi connectivity index (χ3v) is 7.54. The van der Waals surface area contributed by atoms with Gasteiger partial charge in [-0.3, -0.25) is 14.5 Å². The van der Waals surface area contributed by atoms with Crippen molar-refractivity contribution in [3.05, 3.63) is 54.1 Å². The third kappa shape index (κ3) is 6.23. The van der Waals surface area contributed by atoms with Gasteiger partial charge in [-0.15, -0.1) is 5.10 Å². The quantitative estimate of drug-likeness (QED) is 0.452. The van der Waals surface area contributed by atoms with Gasteiger partial charge in [0.15, 0.2) is 11.5 Å². The molecule has 14 nitrogen and oxygen atoms in total. The molecule has 1 N–H and O–H groups in total. The Hall–Kier alpha value is -4.30. The zero-order valence-electron chi connectivity index (χ0n) is 22.9. The minimum absolute atomic E-state index is 0.000224. The van der Waals surface area contributed by atoms with Crippen molar-refractivity contribution in [1.82, 2.24) is 40.1 Å². The fourth-order valence-corrected chi connectivity index (χ4v) is 5.27. The number of anilines is 1. The van der Waals surface area contributed by atoms with E-state index in [1.165, 1.54) is 0 Å². The Morgan fingerprint density at radius 2 is 1.95 bits per heavy atom. The number of rotatable bonds is 4. The number of likely N-dealkylation sites (tertiary alicyclic amines) is 1. The van der Waals surface area contributed by atoms with E-state index in [4.69, 9.17) is 14.2 Å². The summed E-state index contributed by atoms with van der Waals surface area (Å²) in [7, 11) is 1.55. The van der Waals surface area contributed by atoms with Gasteiger partial charge >= 0.3 is 0 Å². The average molecular weight is 564 g/mol. The van der Waals surface area contributed by atoms with Crippen LogP contribution in [0.4, 0.5) is 5.95 Å². The predicted molar refractivity (Wildman–Crippen MR) is 146 cm³/mol. The lowest BCUT2D eigenvalue weighted by Crippen LogP contribution is -2.50. The molecule has 0 unspecified atom stereocenters. The van der Waals surface area contributed by atoms with Crippen LogP contribution in [-0.4, -0.2) is 118 Å². The fourth-order valence-electron chi connectivity index (χ4n) is 5.27. The summed E-state index contributed by atoms with van der Waals surface area (Å²) in [5, 5.41) is 11.4. The van der Waals surface area contributed by atoms with Crippen molar-refractivity contribution in [2.75, 3.05) is 64.4 Å². The normalized spacial score (nSPS) is 21.7. The second-order valence-electron chi connectivity index (χ2n) is 10.2. The molecule has 14 heteroatoms. The second-order valence-corrected chi connectivity index (χ2v) is 10.2. The Balaban J connectivity index is 1.13. The Morgan fingerprint density at radius 3 is 2.76 bits per heavy atom. The average Bonchev–Trinajstić information content (AvgIpc) is 3.63. The lowest BCUT2D eigenvalue weighted by molar-refractivity contribution is -0.132. The molecule has 0 saturated carbocycles. The number of carbonyl (C=O) groups excluding carboxylic acids is 2. The van der Waals surface area contributed by atoms with Crippen LogP contribution in [-0.2, 0) is 22.7 Å². The second kappa shape index (κ2) is 12.1. The Labute approximate surface area is 237 Å². The molecule has 3 aliphatic rings. The molecule has 5 heterocycles. The number of nitrogens with one attached hydrogen (secondary N) is 1. The van der Waals surface area contributed by atoms with Gasteiger partial charge in [-0.25, -0.2) is 14.6 Å². The van der Waals surface area contributed by atoms with Crippen molar-refractivity contribution in [2.45, 2.75) is 25.3 Å². The van der Waals surface area contributed by atoms with Gasteiger partial charge in [0, 0.05) is 57.2 Å². The van der Waals surface area contributed by atoms with Crippen LogP contribution in [0.5, 0.6) is 11.5 Å². The molecule has 6 rings (SSSR count). The van der Waals surface area contributed by atoms with Gasteiger partial charge in [0.05, 0.1) is 45.1 Å². The lowest BCUT2D eigenvalue weighted by atomic mass is 10.1. The number of aromatic nitrogens is 5. The molecule has 41 heavy (non-hydrogen) atoms. The first-order valence-electron chi connectivity index (χ1n) is 13.7. The molecule has 0 spiro atoms. The molecule has 0 radical (unpaired) electrons. The smallest absolute Gasteiger partial charge is 0.251 e. The minimum atomic E-state index is -0.403. The molecule has 3 aromatic rings. The monoisotopic (exact) mass is 563 g/mol. The molecule has 2 atom stereocenters. The van der Waals surface area contributed by atoms with E-state index >= 15 is 0 Å². The fraction of sp³-hybridized carbons (Fsp3) is 0.481. The number of ether oxygens (including phenoxy) is 3. The first-order valence-corrected chi connectivity index (χ1v) is 13.7. The van der Waals surface area contributed by atoms with E-state index in [2.05, 4.69) is 35.4 Å². The van der Waals surface area contributed by atoms with Crippen LogP contribution in [0.1, 0.15) is 16.1 Å². The van der Waals surface area contributed by atoms with Crippen LogP contribution >= 0.6 is 0 Å². The first-order chi connectivity index (χ1) is 20.1. The summed E-state index contributed by atoms with van der Waals surface area (Å²) in [6.07, 6.45) is 4.87. The number of amides is 2. The van der Waals surface area contributed by atoms with Crippen molar-refractivity contribution in [1.29, 1.82) is 0 Å². The number of carbonyl (C=O) groups is 2. The maximum absolute atomic E-state index is 13.4. The van der Waals surface area contributed by atoms with Crippen molar-refractivity contribution >= 4 is 17.8 Å². The Morgan fingerprint density at radius 1 is 1.12 bits per heavy atom. The summed E-state index contributed by atoms with van der Waals surface area (Å²) in [4.78, 5) is 41.3. The van der Waals surface area contributed by atoms with Gasteiger partial charge in [0.1, 0.15) is 12.3 Å². The van der Waals surface area contributed by atoms with Crippen molar-refractivity contribution in [3.8, 4) is 11.5 Å². The number of benzene rings is 1. The molecule has 2 fully saturated rings. The van der Waals surface area contributed by atoms with Crippen molar-refractivity contribution < 1.29 is 23.8 Å². The summed E-state index contributed by atoms with van der Waals surface area (Å²) in [5.74, 6) is 1.42. The molecule has 2 amide bonds. The number of hydrogen-bond donors (Lipinski definition) is 1. The van der Waals surface area contributed by atoms with Gasteiger partial charge < -0.3 is 29.3 Å². The summed E-state index contributed by atoms with van der Waals surface area (Å²) < 4.78 is 19.2. The number of fused-ring (bicyclic) bond motifs is 5. The van der Waals surface area contributed by atoms with Gasteiger partial charge in [-0.2, -0.15) is 0 Å². The highest BCUT2D eigenvalue weighted by atomic mass is 16.5. The van der Waals surface area contributed by atoms with E-state index in [0.29, 0.717) is 61.5 Å². The summed E-state index contributed by atoms with van der Waals surface area (Å²) in [6, 6.07) is 6.46. The van der Waals surface area contributed by atoms with E-state index < -0.39 is 12.1 Å². The van der Waals surface area contributed by atoms with Gasteiger partial charge in [-0.1, -0.05) is 5.21 Å². The maximum atomic E-state index is 13.4. The molecule has 2 aromatic heterocycles. The van der Waals surface area contributed by atoms with Crippen molar-refractivity contribution in [2.24, 2.45) is 0 Å². The largest absolute Gasteiger partial charge is 0.493 e. The third-order valence-electron chi connectivity index (χ3n) is 7.54. The number of nitrogens with zero attached hydrogens (tertiary/aromatic N) is 8. The Bertz CT molecular complexity index is 1360. The topological polar surface area (TPSA) is 140 Å². The summed E-state index contributed by atoms with van der Waals surface area (Å²) in [6.45, 7) is 4.97. The van der Waals surface area contributed by atoms with Gasteiger partial charge in [0.25, 0.3) is 5.91 Å². The van der Waals surface area contributed by atoms with Crippen LogP contribution < -0.4 is 19.7 Å². The molecule has 3 aliphatic heterocycles. The van der Waals surface area contributed by atoms with Crippen LogP contribution in [0.15, 0.2) is 42.9 Å². The SMILES string of the molecule is COc1ccc2cc1OCCn1cc(nn1)CO[C@H]1CN(C(=O)CN3CCN(c4ncccn4)CC3)C[C@@H]1NC2=O. The van der Waals surface area contributed by atoms with Crippen LogP contribution in [0.25, 0.3) is 0 Å². The van der Waals surface area contributed by atoms with Gasteiger partial charge in [0.2, 0.25) is 11.9 Å². The zero-order chi connectivity index (χ0) is 28.2. The number of methoxy groups -OCH3 is 1. The predicted octanol–water partition coefficient (Wildman–Crippen LogP) is -0.183. The lowest BCUT2D eigenvalue weighted by Gasteiger charge is -2.34. The van der Waals surface area contributed by atoms with Crippen LogP contribution in [0.3, 0.4) is 0 Å². The van der Waals surface area contributed by atoms with Crippen LogP contribution in [0, 0.1) is 0 Å². The molecule has 216 valence electrons. The zero-order valence-corrected chi connectivity index (χ0v) is 22.9. The maximum Gasteiger partial charge on any atom is 0.251 e. The van der Waals surface area contributed by atoms with Crippen LogP contribution in [0.2, 0.25) is 0 Å². The highest BCUT2D eigenvalue weighted by Crippen LogP contribution is 2.28. The summed E-state index contributed by atoms with van der Waals surface area (Å²) >= 11 is 0. The van der Waals surface area contributed by atoms with E-state index in [1.807, 2.05) is 6.20 Å². The molecule has 1 aromatic carbocycles. The highest BCUT2D eigenvalue weighted by Gasteiger charge is 2.38. The number of hydrogen-bond acceptors (Lipinski definition) is 11. The summed E-state index contributed by atoms with van der Waals surface area (Å²) in [5.41, 5.74) is 1.09. The molecule has 4 bridgehead atoms. The van der Waals surface area contributed by atoms with Crippen molar-refractivity contribution in [3.63, 3.8) is 0 Å². The molecular formula is C27H33N9O5. The highest BCUT2D eigenvalue weighted by molar-refractivity contribution is 5.95. The standard InChI is InChI=1S/C27H33N9O5/c1-39-22-4-3-19-13-23(22)40-12-11-36-14-20(31-32-36)18-41-24-16-35(15-21(24)30-26(19)38)25(37)17-33-7-9-34(10-8-33)27-28-5-2-6-29-27/h2-6,13-14,21,24H,7-12,15-18H2,1H3,(H,30,38)/t21-,24-/m0/s1.